The molecule has 116 valence electrons. The number of amides is 1. The number of hydrogen-bond donors (Lipinski definition) is 2. The zero-order chi connectivity index (χ0) is 14.7. The van der Waals surface area contributed by atoms with Gasteiger partial charge in [0, 0.05) is 23.5 Å². The van der Waals surface area contributed by atoms with Crippen molar-refractivity contribution in [3.63, 3.8) is 0 Å². The van der Waals surface area contributed by atoms with Crippen LogP contribution in [0.15, 0.2) is 42.6 Å². The van der Waals surface area contributed by atoms with Gasteiger partial charge in [-0.15, -0.1) is 12.4 Å². The lowest BCUT2D eigenvalue weighted by molar-refractivity contribution is 0.102. The van der Waals surface area contributed by atoms with Gasteiger partial charge < -0.3 is 10.6 Å². The molecule has 2 heterocycles. The lowest BCUT2D eigenvalue weighted by atomic mass is 9.98. The number of hydrogen-bond acceptors (Lipinski definition) is 3. The predicted molar refractivity (Wildman–Crippen MR) is 91.1 cm³/mol. The summed E-state index contributed by atoms with van der Waals surface area (Å²) in [5, 5.41) is 6.68. The second-order valence-corrected chi connectivity index (χ2v) is 5.56. The van der Waals surface area contributed by atoms with Crippen molar-refractivity contribution in [2.75, 3.05) is 18.4 Å². The van der Waals surface area contributed by atoms with E-state index < -0.39 is 0 Å². The van der Waals surface area contributed by atoms with Crippen molar-refractivity contribution in [3.05, 3.63) is 58.9 Å². The van der Waals surface area contributed by atoms with Crippen LogP contribution in [0.25, 0.3) is 0 Å². The van der Waals surface area contributed by atoms with E-state index in [4.69, 9.17) is 11.6 Å². The molecule has 2 N–H and O–H groups in total. The Hall–Kier alpha value is -1.62. The first-order chi connectivity index (χ1) is 10.2. The zero-order valence-electron chi connectivity index (χ0n) is 11.9. The quantitative estimate of drug-likeness (QED) is 0.901. The average Bonchev–Trinajstić information content (AvgIpc) is 3.02. The van der Waals surface area contributed by atoms with Crippen LogP contribution in [0.2, 0.25) is 5.02 Å². The van der Waals surface area contributed by atoms with Crippen molar-refractivity contribution in [2.24, 2.45) is 0 Å². The summed E-state index contributed by atoms with van der Waals surface area (Å²) < 4.78 is 0. The summed E-state index contributed by atoms with van der Waals surface area (Å²) in [6.07, 6.45) is 2.69. The molecule has 1 aromatic carbocycles. The number of carbonyl (C=O) groups excluding carboxylic acids is 1. The highest BCUT2D eigenvalue weighted by Gasteiger charge is 2.16. The van der Waals surface area contributed by atoms with E-state index in [0.717, 1.165) is 25.2 Å². The van der Waals surface area contributed by atoms with E-state index in [-0.39, 0.29) is 18.3 Å². The predicted octanol–water partition coefficient (Wildman–Crippen LogP) is 3.49. The molecule has 0 spiro atoms. The van der Waals surface area contributed by atoms with E-state index >= 15 is 0 Å². The first kappa shape index (κ1) is 16.7. The molecule has 3 rings (SSSR count). The molecule has 1 aliphatic rings. The van der Waals surface area contributed by atoms with Crippen LogP contribution in [-0.4, -0.2) is 24.0 Å². The molecule has 0 saturated carbocycles. The maximum absolute atomic E-state index is 12.1. The fourth-order valence-corrected chi connectivity index (χ4v) is 2.66. The second kappa shape index (κ2) is 7.58. The number of halogens is 2. The Balaban J connectivity index is 0.00000176. The summed E-state index contributed by atoms with van der Waals surface area (Å²) in [6.45, 7) is 2.10. The molecule has 6 heteroatoms. The fraction of sp³-hybridized carbons (Fsp3) is 0.250. The van der Waals surface area contributed by atoms with E-state index in [0.29, 0.717) is 16.6 Å². The number of rotatable bonds is 3. The smallest absolute Gasteiger partial charge is 0.274 e. The number of pyridine rings is 1. The first-order valence-electron chi connectivity index (χ1n) is 6.96. The molecular formula is C16H17Cl2N3O. The summed E-state index contributed by atoms with van der Waals surface area (Å²) in [7, 11) is 0. The molecule has 0 bridgehead atoms. The molecule has 1 fully saturated rings. The van der Waals surface area contributed by atoms with Crippen LogP contribution in [0.5, 0.6) is 0 Å². The summed E-state index contributed by atoms with van der Waals surface area (Å²) >= 11 is 5.86. The molecule has 1 aliphatic heterocycles. The lowest BCUT2D eigenvalue weighted by Gasteiger charge is -2.10. The van der Waals surface area contributed by atoms with Gasteiger partial charge >= 0.3 is 0 Å². The Labute approximate surface area is 140 Å². The van der Waals surface area contributed by atoms with Crippen LogP contribution >= 0.6 is 24.0 Å². The summed E-state index contributed by atoms with van der Waals surface area (Å²) in [6, 6.07) is 11.2. The van der Waals surface area contributed by atoms with E-state index in [1.165, 1.54) is 11.8 Å². The third-order valence-electron chi connectivity index (χ3n) is 3.65. The first-order valence-corrected chi connectivity index (χ1v) is 7.34. The van der Waals surface area contributed by atoms with Crippen molar-refractivity contribution in [3.8, 4) is 0 Å². The minimum atomic E-state index is -0.257. The molecule has 1 aromatic heterocycles. The van der Waals surface area contributed by atoms with Gasteiger partial charge in [-0.3, -0.25) is 9.78 Å². The normalized spacial score (nSPS) is 16.9. The third-order valence-corrected chi connectivity index (χ3v) is 3.89. The largest absolute Gasteiger partial charge is 0.321 e. The van der Waals surface area contributed by atoms with Crippen LogP contribution in [0, 0.1) is 0 Å². The molecule has 4 nitrogen and oxygen atoms in total. The average molecular weight is 338 g/mol. The van der Waals surface area contributed by atoms with Gasteiger partial charge in [0.15, 0.2) is 0 Å². The third kappa shape index (κ3) is 3.97. The number of benzene rings is 1. The second-order valence-electron chi connectivity index (χ2n) is 5.13. The van der Waals surface area contributed by atoms with E-state index in [9.17, 15) is 4.79 Å². The van der Waals surface area contributed by atoms with Crippen molar-refractivity contribution in [1.82, 2.24) is 10.3 Å². The van der Waals surface area contributed by atoms with Crippen molar-refractivity contribution >= 4 is 35.6 Å². The van der Waals surface area contributed by atoms with Crippen molar-refractivity contribution in [2.45, 2.75) is 12.3 Å². The number of anilines is 1. The number of aromatic nitrogens is 1. The van der Waals surface area contributed by atoms with Gasteiger partial charge in [0.25, 0.3) is 5.91 Å². The minimum absolute atomic E-state index is 0. The van der Waals surface area contributed by atoms with Gasteiger partial charge in [-0.05, 0) is 48.7 Å². The molecule has 1 atom stereocenters. The number of nitrogens with one attached hydrogen (secondary N) is 2. The van der Waals surface area contributed by atoms with Gasteiger partial charge in [-0.25, -0.2) is 0 Å². The lowest BCUT2D eigenvalue weighted by Crippen LogP contribution is -2.13. The highest BCUT2D eigenvalue weighted by molar-refractivity contribution is 6.30. The Morgan fingerprint density at radius 1 is 1.27 bits per heavy atom. The molecular weight excluding hydrogens is 321 g/mol. The van der Waals surface area contributed by atoms with E-state index in [2.05, 4.69) is 27.8 Å². The Morgan fingerprint density at radius 2 is 2.05 bits per heavy atom. The summed E-state index contributed by atoms with van der Waals surface area (Å²) in [5.41, 5.74) is 2.38. The van der Waals surface area contributed by atoms with Crippen LogP contribution in [0.4, 0.5) is 5.69 Å². The SMILES string of the molecule is Cl.O=C(Nc1ccc(C2CCNC2)cc1)c1cc(Cl)ccn1. The molecule has 1 unspecified atom stereocenters. The van der Waals surface area contributed by atoms with Crippen LogP contribution in [0.3, 0.4) is 0 Å². The molecule has 1 saturated heterocycles. The molecule has 2 aromatic rings. The van der Waals surface area contributed by atoms with Gasteiger partial charge in [-0.2, -0.15) is 0 Å². The fourth-order valence-electron chi connectivity index (χ4n) is 2.50. The topological polar surface area (TPSA) is 54.0 Å². The van der Waals surface area contributed by atoms with E-state index in [1.54, 1.807) is 12.1 Å². The number of nitrogens with zero attached hydrogens (tertiary/aromatic N) is 1. The Kier molecular flexibility index (Phi) is 5.77. The van der Waals surface area contributed by atoms with Gasteiger partial charge in [-0.1, -0.05) is 23.7 Å². The summed E-state index contributed by atoms with van der Waals surface area (Å²) in [4.78, 5) is 16.1. The maximum atomic E-state index is 12.1. The number of carbonyl (C=O) groups is 1. The van der Waals surface area contributed by atoms with Gasteiger partial charge in [0.05, 0.1) is 0 Å². The van der Waals surface area contributed by atoms with Gasteiger partial charge in [0.1, 0.15) is 5.69 Å². The Bertz CT molecular complexity index is 640. The molecule has 0 aliphatic carbocycles. The standard InChI is InChI=1S/C16H16ClN3O.ClH/c17-13-6-8-19-15(9-13)16(21)20-14-3-1-11(2-4-14)12-5-7-18-10-12;/h1-4,6,8-9,12,18H,5,7,10H2,(H,20,21);1H. The highest BCUT2D eigenvalue weighted by atomic mass is 35.5. The van der Waals surface area contributed by atoms with Crippen LogP contribution in [0.1, 0.15) is 28.4 Å². The Morgan fingerprint density at radius 3 is 2.68 bits per heavy atom. The molecule has 1 amide bonds. The molecule has 0 radical (unpaired) electrons. The zero-order valence-corrected chi connectivity index (χ0v) is 13.5. The maximum Gasteiger partial charge on any atom is 0.274 e. The van der Waals surface area contributed by atoms with Crippen molar-refractivity contribution in [1.29, 1.82) is 0 Å². The van der Waals surface area contributed by atoms with Crippen LogP contribution in [-0.2, 0) is 0 Å². The molecule has 22 heavy (non-hydrogen) atoms. The van der Waals surface area contributed by atoms with Crippen LogP contribution < -0.4 is 10.6 Å². The minimum Gasteiger partial charge on any atom is -0.321 e. The van der Waals surface area contributed by atoms with Crippen molar-refractivity contribution < 1.29 is 4.79 Å². The summed E-state index contributed by atoms with van der Waals surface area (Å²) in [5.74, 6) is 0.317. The van der Waals surface area contributed by atoms with E-state index in [1.807, 2.05) is 12.1 Å². The monoisotopic (exact) mass is 337 g/mol. The van der Waals surface area contributed by atoms with Gasteiger partial charge in [0.2, 0.25) is 0 Å². The highest BCUT2D eigenvalue weighted by Crippen LogP contribution is 2.23.